The summed E-state index contributed by atoms with van der Waals surface area (Å²) in [4.78, 5) is 0. The molecule has 0 heterocycles. The molecule has 0 aliphatic rings. The first-order chi connectivity index (χ1) is 2.41. The van der Waals surface area contributed by atoms with Crippen molar-refractivity contribution in [3.63, 3.8) is 0 Å². The fraction of sp³-hybridized carbons (Fsp3) is 1.00. The van der Waals surface area contributed by atoms with E-state index in [1.807, 2.05) is 11.8 Å². The molecule has 0 saturated heterocycles. The zero-order valence-corrected chi connectivity index (χ0v) is 4.64. The Morgan fingerprint density at radius 2 is 1.29 bits per heavy atom. The van der Waals surface area contributed by atoms with E-state index in [0.717, 1.165) is 0 Å². The molecule has 0 amide bonds. The van der Waals surface area contributed by atoms with Gasteiger partial charge in [-0.25, -0.2) is 0 Å². The molecule has 0 aromatic heterocycles. The summed E-state index contributed by atoms with van der Waals surface area (Å²) in [5, 5.41) is 0. The maximum absolute atomic E-state index is 2.17. The van der Waals surface area contributed by atoms with E-state index in [1.54, 1.807) is 0 Å². The SMILES string of the molecule is CCSCC.[NaH].[NaH]. The Hall–Kier alpha value is 2.35. The van der Waals surface area contributed by atoms with Crippen LogP contribution in [-0.4, -0.2) is 70.6 Å². The third-order valence-corrected chi connectivity index (χ3v) is 1.22. The van der Waals surface area contributed by atoms with Gasteiger partial charge in [0.05, 0.1) is 0 Å². The van der Waals surface area contributed by atoms with Gasteiger partial charge < -0.3 is 0 Å². The van der Waals surface area contributed by atoms with E-state index < -0.39 is 0 Å². The summed E-state index contributed by atoms with van der Waals surface area (Å²) >= 11 is 1.96. The van der Waals surface area contributed by atoms with Crippen molar-refractivity contribution in [1.82, 2.24) is 0 Å². The van der Waals surface area contributed by atoms with Crippen molar-refractivity contribution < 1.29 is 0 Å². The Balaban J connectivity index is -0.0000000800. The van der Waals surface area contributed by atoms with E-state index in [2.05, 4.69) is 13.8 Å². The van der Waals surface area contributed by atoms with Crippen LogP contribution in [0.15, 0.2) is 0 Å². The maximum atomic E-state index is 2.17. The Kier molecular flexibility index (Phi) is 36.4. The second-order valence-corrected chi connectivity index (χ2v) is 2.34. The summed E-state index contributed by atoms with van der Waals surface area (Å²) in [6.07, 6.45) is 0. The van der Waals surface area contributed by atoms with E-state index >= 15 is 0 Å². The standard InChI is InChI=1S/C4H10S.2Na.2H/c1-3-5-4-2;;;;/h3-4H2,1-2H3;;;;. The van der Waals surface area contributed by atoms with Crippen LogP contribution in [0.3, 0.4) is 0 Å². The van der Waals surface area contributed by atoms with Crippen LogP contribution in [0, 0.1) is 0 Å². The first-order valence-electron chi connectivity index (χ1n) is 1.99. The molecule has 0 bridgehead atoms. The predicted octanol–water partition coefficient (Wildman–Crippen LogP) is 0.462. The summed E-state index contributed by atoms with van der Waals surface area (Å²) in [7, 11) is 0. The zero-order valence-electron chi connectivity index (χ0n) is 3.82. The molecule has 0 aromatic rings. The van der Waals surface area contributed by atoms with Crippen molar-refractivity contribution in [2.45, 2.75) is 13.8 Å². The van der Waals surface area contributed by atoms with Crippen molar-refractivity contribution in [3.8, 4) is 0 Å². The third-order valence-electron chi connectivity index (χ3n) is 0.408. The Labute approximate surface area is 94.8 Å². The Morgan fingerprint density at radius 1 is 1.00 bits per heavy atom. The molecule has 36 valence electrons. The van der Waals surface area contributed by atoms with Crippen LogP contribution >= 0.6 is 11.8 Å². The van der Waals surface area contributed by atoms with Gasteiger partial charge in [-0.1, -0.05) is 13.8 Å². The number of thioether (sulfide) groups is 1. The van der Waals surface area contributed by atoms with Gasteiger partial charge in [0, 0.05) is 0 Å². The molecule has 0 saturated carbocycles. The van der Waals surface area contributed by atoms with Gasteiger partial charge in [0.15, 0.2) is 0 Å². The summed E-state index contributed by atoms with van der Waals surface area (Å²) in [5.41, 5.74) is 0. The minimum absolute atomic E-state index is 0. The second kappa shape index (κ2) is 15.8. The van der Waals surface area contributed by atoms with E-state index in [9.17, 15) is 0 Å². The first kappa shape index (κ1) is 16.2. The number of hydrogen-bond donors (Lipinski definition) is 0. The minimum atomic E-state index is 0. The van der Waals surface area contributed by atoms with Gasteiger partial charge in [-0.2, -0.15) is 11.8 Å². The molecule has 0 unspecified atom stereocenters. The molecule has 0 atom stereocenters. The van der Waals surface area contributed by atoms with Gasteiger partial charge in [0.1, 0.15) is 0 Å². The van der Waals surface area contributed by atoms with Crippen molar-refractivity contribution in [3.05, 3.63) is 0 Å². The molecule has 0 aliphatic heterocycles. The fourth-order valence-electron chi connectivity index (χ4n) is 0.204. The van der Waals surface area contributed by atoms with Gasteiger partial charge in [-0.15, -0.1) is 0 Å². The van der Waals surface area contributed by atoms with Crippen LogP contribution in [0.5, 0.6) is 0 Å². The zero-order chi connectivity index (χ0) is 4.12. The van der Waals surface area contributed by atoms with Crippen LogP contribution < -0.4 is 0 Å². The Bertz CT molecular complexity index is 17.2. The van der Waals surface area contributed by atoms with Gasteiger partial charge in [-0.05, 0) is 11.5 Å². The summed E-state index contributed by atoms with van der Waals surface area (Å²) in [5.74, 6) is 2.52. The molecular weight excluding hydrogens is 126 g/mol. The molecule has 0 aromatic carbocycles. The Morgan fingerprint density at radius 3 is 1.29 bits per heavy atom. The topological polar surface area (TPSA) is 0 Å². The average molecular weight is 138 g/mol. The molecule has 3 heteroatoms. The van der Waals surface area contributed by atoms with Crippen LogP contribution in [0.4, 0.5) is 0 Å². The number of hydrogen-bond acceptors (Lipinski definition) is 1. The fourth-order valence-corrected chi connectivity index (χ4v) is 0.612. The summed E-state index contributed by atoms with van der Waals surface area (Å²) in [6.45, 7) is 4.35. The predicted molar refractivity (Wildman–Crippen MR) is 43.0 cm³/mol. The van der Waals surface area contributed by atoms with Crippen LogP contribution in [0.2, 0.25) is 0 Å². The van der Waals surface area contributed by atoms with Crippen molar-refractivity contribution in [2.75, 3.05) is 11.5 Å². The van der Waals surface area contributed by atoms with Crippen LogP contribution in [0.1, 0.15) is 13.8 Å². The molecule has 0 nitrogen and oxygen atoms in total. The monoisotopic (exact) mass is 138 g/mol. The third kappa shape index (κ3) is 17.8. The molecule has 0 N–H and O–H groups in total. The number of rotatable bonds is 2. The molecule has 0 rings (SSSR count). The molecular formula is C4H12Na2S. The summed E-state index contributed by atoms with van der Waals surface area (Å²) in [6, 6.07) is 0. The van der Waals surface area contributed by atoms with Gasteiger partial charge >= 0.3 is 59.1 Å². The summed E-state index contributed by atoms with van der Waals surface area (Å²) < 4.78 is 0. The van der Waals surface area contributed by atoms with Gasteiger partial charge in [0.2, 0.25) is 0 Å². The average Bonchev–Trinajstić information content (AvgIpc) is 1.41. The molecule has 0 radical (unpaired) electrons. The van der Waals surface area contributed by atoms with Gasteiger partial charge in [0.25, 0.3) is 0 Å². The van der Waals surface area contributed by atoms with Crippen LogP contribution in [0.25, 0.3) is 0 Å². The molecule has 0 aliphatic carbocycles. The van der Waals surface area contributed by atoms with E-state index in [4.69, 9.17) is 0 Å². The van der Waals surface area contributed by atoms with E-state index in [1.165, 1.54) is 11.5 Å². The molecule has 0 spiro atoms. The molecule has 0 fully saturated rings. The normalized spacial score (nSPS) is 6.00. The first-order valence-corrected chi connectivity index (χ1v) is 3.15. The van der Waals surface area contributed by atoms with E-state index in [-0.39, 0.29) is 59.1 Å². The van der Waals surface area contributed by atoms with Crippen molar-refractivity contribution >= 4 is 70.9 Å². The quantitative estimate of drug-likeness (QED) is 0.500. The molecule has 7 heavy (non-hydrogen) atoms. The van der Waals surface area contributed by atoms with Crippen LogP contribution in [-0.2, 0) is 0 Å². The van der Waals surface area contributed by atoms with Gasteiger partial charge in [-0.3, -0.25) is 0 Å². The van der Waals surface area contributed by atoms with Crippen molar-refractivity contribution in [2.24, 2.45) is 0 Å². The van der Waals surface area contributed by atoms with Crippen molar-refractivity contribution in [1.29, 1.82) is 0 Å². The second-order valence-electron chi connectivity index (χ2n) is 0.781. The van der Waals surface area contributed by atoms with E-state index in [0.29, 0.717) is 0 Å².